The van der Waals surface area contributed by atoms with Gasteiger partial charge in [-0.05, 0) is 0 Å². The highest BCUT2D eigenvalue weighted by Gasteiger charge is 1.59. The molecule has 0 aromatic carbocycles. The first kappa shape index (κ1) is 7.10. The Labute approximate surface area is 50.6 Å². The molecule has 1 N–H and O–H groups in total. The molecule has 3 nitrogen and oxygen atoms in total. The van der Waals surface area contributed by atoms with Gasteiger partial charge in [0.25, 0.3) is 6.47 Å². The molecule has 1 aromatic rings. The third-order valence-electron chi connectivity index (χ3n) is 0.347. The van der Waals surface area contributed by atoms with Crippen LogP contribution in [0.4, 0.5) is 0 Å². The molecule has 0 amide bonds. The van der Waals surface area contributed by atoms with E-state index in [0.29, 0.717) is 0 Å². The van der Waals surface area contributed by atoms with Crippen molar-refractivity contribution in [2.24, 2.45) is 0 Å². The van der Waals surface area contributed by atoms with Crippen molar-refractivity contribution >= 4 is 17.8 Å². The van der Waals surface area contributed by atoms with E-state index < -0.39 is 0 Å². The molecule has 8 heavy (non-hydrogen) atoms. The van der Waals surface area contributed by atoms with Crippen molar-refractivity contribution in [1.29, 1.82) is 0 Å². The zero-order valence-corrected chi connectivity index (χ0v) is 4.84. The van der Waals surface area contributed by atoms with Gasteiger partial charge in [-0.1, -0.05) is 0 Å². The Balaban J connectivity index is 0.000000145. The first-order chi connectivity index (χ1) is 3.91. The lowest BCUT2D eigenvalue weighted by Gasteiger charge is -1.41. The molecule has 0 unspecified atom stereocenters. The van der Waals surface area contributed by atoms with Crippen molar-refractivity contribution in [3.8, 4) is 0 Å². The molecule has 1 rings (SSSR count). The average Bonchev–Trinajstić information content (AvgIpc) is 2.17. The van der Waals surface area contributed by atoms with Gasteiger partial charge in [0, 0.05) is 11.6 Å². The number of rotatable bonds is 0. The predicted molar refractivity (Wildman–Crippen MR) is 30.8 cm³/mol. The molecule has 1 aromatic heterocycles. The number of carbonyl (C=O) groups is 1. The zero-order valence-electron chi connectivity index (χ0n) is 4.02. The Morgan fingerprint density at radius 2 is 2.38 bits per heavy atom. The normalized spacial score (nSPS) is 6.50. The van der Waals surface area contributed by atoms with Crippen LogP contribution in [0.15, 0.2) is 17.1 Å². The van der Waals surface area contributed by atoms with E-state index in [-0.39, 0.29) is 6.47 Å². The van der Waals surface area contributed by atoms with Crippen molar-refractivity contribution in [1.82, 2.24) is 4.98 Å². The highest BCUT2D eigenvalue weighted by atomic mass is 32.1. The van der Waals surface area contributed by atoms with Crippen molar-refractivity contribution < 1.29 is 9.90 Å². The summed E-state index contributed by atoms with van der Waals surface area (Å²) in [6, 6.07) is 0. The molecule has 0 bridgehead atoms. The molecule has 0 fully saturated rings. The second-order valence-corrected chi connectivity index (χ2v) is 1.54. The van der Waals surface area contributed by atoms with E-state index in [0.717, 1.165) is 0 Å². The number of aromatic nitrogens is 1. The van der Waals surface area contributed by atoms with Crippen molar-refractivity contribution in [3.05, 3.63) is 17.1 Å². The molecule has 0 radical (unpaired) electrons. The van der Waals surface area contributed by atoms with Crippen LogP contribution in [0.2, 0.25) is 0 Å². The summed E-state index contributed by atoms with van der Waals surface area (Å²) in [5.74, 6) is 0. The van der Waals surface area contributed by atoms with E-state index in [1.807, 2.05) is 5.38 Å². The highest BCUT2D eigenvalue weighted by Crippen LogP contribution is 1.85. The highest BCUT2D eigenvalue weighted by molar-refractivity contribution is 7.07. The largest absolute Gasteiger partial charge is 0.483 e. The number of thiazole rings is 1. The maximum Gasteiger partial charge on any atom is 0.290 e. The summed E-state index contributed by atoms with van der Waals surface area (Å²) in [5.41, 5.74) is 1.79. The summed E-state index contributed by atoms with van der Waals surface area (Å²) in [7, 11) is 0. The maximum atomic E-state index is 8.36. The minimum absolute atomic E-state index is 0.250. The second-order valence-electron chi connectivity index (χ2n) is 0.781. The van der Waals surface area contributed by atoms with Crippen LogP contribution in [-0.4, -0.2) is 16.6 Å². The molecule has 0 saturated heterocycles. The maximum absolute atomic E-state index is 8.36. The van der Waals surface area contributed by atoms with Gasteiger partial charge in [-0.3, -0.25) is 9.78 Å². The molecule has 0 spiro atoms. The summed E-state index contributed by atoms with van der Waals surface area (Å²) in [4.78, 5) is 12.1. The lowest BCUT2D eigenvalue weighted by molar-refractivity contribution is -0.122. The summed E-state index contributed by atoms with van der Waals surface area (Å²) in [6.45, 7) is -0.250. The number of hydrogen-bond acceptors (Lipinski definition) is 3. The van der Waals surface area contributed by atoms with Crippen LogP contribution in [0.1, 0.15) is 0 Å². The third kappa shape index (κ3) is 5.10. The van der Waals surface area contributed by atoms with Gasteiger partial charge in [-0.2, -0.15) is 0 Å². The molecule has 4 heteroatoms. The van der Waals surface area contributed by atoms with Gasteiger partial charge in [0.15, 0.2) is 0 Å². The molecule has 0 aliphatic rings. The minimum atomic E-state index is -0.250. The van der Waals surface area contributed by atoms with Crippen LogP contribution >= 0.6 is 11.3 Å². The van der Waals surface area contributed by atoms with E-state index in [9.17, 15) is 0 Å². The Kier molecular flexibility index (Phi) is 5.41. The molecule has 44 valence electrons. The van der Waals surface area contributed by atoms with Crippen LogP contribution in [0, 0.1) is 0 Å². The fourth-order valence-corrected chi connectivity index (χ4v) is 0.527. The van der Waals surface area contributed by atoms with Gasteiger partial charge in [0.2, 0.25) is 0 Å². The Morgan fingerprint density at radius 3 is 2.50 bits per heavy atom. The lowest BCUT2D eigenvalue weighted by Crippen LogP contribution is -1.49. The fraction of sp³-hybridized carbons (Fsp3) is 0. The summed E-state index contributed by atoms with van der Waals surface area (Å²) in [5, 5.41) is 8.82. The number of carboxylic acid groups (broad SMARTS) is 1. The van der Waals surface area contributed by atoms with E-state index in [1.54, 1.807) is 23.0 Å². The van der Waals surface area contributed by atoms with Crippen LogP contribution in [0.3, 0.4) is 0 Å². The standard InChI is InChI=1S/C3H3NS.CH2O2/c1-2-5-3-4-1;2-1-3/h1-3H;1H,(H,2,3). The molecule has 0 aliphatic heterocycles. The first-order valence-corrected chi connectivity index (χ1v) is 2.76. The molecule has 1 heterocycles. The number of hydrogen-bond donors (Lipinski definition) is 1. The van der Waals surface area contributed by atoms with E-state index in [4.69, 9.17) is 9.90 Å². The monoisotopic (exact) mass is 131 g/mol. The second kappa shape index (κ2) is 6.10. The molecular formula is C4H5NO2S. The van der Waals surface area contributed by atoms with E-state index in [1.165, 1.54) is 0 Å². The first-order valence-electron chi connectivity index (χ1n) is 1.82. The van der Waals surface area contributed by atoms with Crippen LogP contribution in [0.5, 0.6) is 0 Å². The summed E-state index contributed by atoms with van der Waals surface area (Å²) < 4.78 is 0. The Hall–Kier alpha value is -0.900. The fourth-order valence-electron chi connectivity index (χ4n) is 0.176. The van der Waals surface area contributed by atoms with Gasteiger partial charge in [0.1, 0.15) is 0 Å². The van der Waals surface area contributed by atoms with E-state index >= 15 is 0 Å². The molecule has 0 atom stereocenters. The Bertz CT molecular complexity index is 100. The van der Waals surface area contributed by atoms with Gasteiger partial charge in [-0.15, -0.1) is 11.3 Å². The van der Waals surface area contributed by atoms with Gasteiger partial charge < -0.3 is 5.11 Å². The van der Waals surface area contributed by atoms with Crippen LogP contribution in [0.25, 0.3) is 0 Å². The van der Waals surface area contributed by atoms with Crippen LogP contribution in [-0.2, 0) is 4.79 Å². The third-order valence-corrected chi connectivity index (χ3v) is 0.869. The van der Waals surface area contributed by atoms with Crippen molar-refractivity contribution in [3.63, 3.8) is 0 Å². The van der Waals surface area contributed by atoms with E-state index in [2.05, 4.69) is 4.98 Å². The molecular weight excluding hydrogens is 126 g/mol. The topological polar surface area (TPSA) is 50.2 Å². The van der Waals surface area contributed by atoms with Crippen molar-refractivity contribution in [2.45, 2.75) is 0 Å². The van der Waals surface area contributed by atoms with Gasteiger partial charge >= 0.3 is 0 Å². The quantitative estimate of drug-likeness (QED) is 0.531. The molecule has 0 aliphatic carbocycles. The van der Waals surface area contributed by atoms with Gasteiger partial charge in [0.05, 0.1) is 5.51 Å². The van der Waals surface area contributed by atoms with Crippen LogP contribution < -0.4 is 0 Å². The lowest BCUT2D eigenvalue weighted by atomic mass is 11.0. The zero-order chi connectivity index (χ0) is 6.24. The summed E-state index contributed by atoms with van der Waals surface area (Å²) in [6.07, 6.45) is 1.77. The average molecular weight is 131 g/mol. The minimum Gasteiger partial charge on any atom is -0.483 e. The van der Waals surface area contributed by atoms with Crippen molar-refractivity contribution in [2.75, 3.05) is 0 Å². The summed E-state index contributed by atoms with van der Waals surface area (Å²) >= 11 is 1.60. The molecule has 0 saturated carbocycles. The van der Waals surface area contributed by atoms with Gasteiger partial charge in [-0.25, -0.2) is 0 Å². The predicted octanol–water partition coefficient (Wildman–Crippen LogP) is 0.844. The smallest absolute Gasteiger partial charge is 0.290 e. The number of nitrogens with zero attached hydrogens (tertiary/aromatic N) is 1. The Morgan fingerprint density at radius 1 is 1.75 bits per heavy atom. The SMILES string of the molecule is O=CO.c1cscn1.